The predicted molar refractivity (Wildman–Crippen MR) is 72.7 cm³/mol. The van der Waals surface area contributed by atoms with Crippen molar-refractivity contribution >= 4 is 27.5 Å². The number of hydrogen-bond acceptors (Lipinski definition) is 3. The quantitative estimate of drug-likeness (QED) is 0.838. The van der Waals surface area contributed by atoms with E-state index < -0.39 is 0 Å². The molecule has 0 bridgehead atoms. The molecular weight excluding hydrogens is 296 g/mol. The topological polar surface area (TPSA) is 62.2 Å². The summed E-state index contributed by atoms with van der Waals surface area (Å²) in [7, 11) is 0. The van der Waals surface area contributed by atoms with Crippen LogP contribution in [0.25, 0.3) is 0 Å². The maximum absolute atomic E-state index is 11.9. The molecule has 0 fully saturated rings. The first-order chi connectivity index (χ1) is 8.58. The van der Waals surface area contributed by atoms with Crippen molar-refractivity contribution < 1.29 is 9.90 Å². The van der Waals surface area contributed by atoms with E-state index in [1.54, 1.807) is 37.4 Å². The highest BCUT2D eigenvalue weighted by molar-refractivity contribution is 9.10. The molecule has 1 amide bonds. The van der Waals surface area contributed by atoms with Crippen LogP contribution in [0.1, 0.15) is 15.9 Å². The zero-order valence-electron chi connectivity index (χ0n) is 9.64. The van der Waals surface area contributed by atoms with Crippen molar-refractivity contribution in [3.8, 4) is 5.75 Å². The highest BCUT2D eigenvalue weighted by atomic mass is 79.9. The minimum atomic E-state index is -0.236. The third-order valence-corrected chi connectivity index (χ3v) is 3.04. The van der Waals surface area contributed by atoms with Crippen LogP contribution >= 0.6 is 15.9 Å². The van der Waals surface area contributed by atoms with Crippen LogP contribution < -0.4 is 5.32 Å². The van der Waals surface area contributed by atoms with E-state index in [1.165, 1.54) is 6.20 Å². The van der Waals surface area contributed by atoms with E-state index in [4.69, 9.17) is 0 Å². The van der Waals surface area contributed by atoms with Crippen LogP contribution in [-0.4, -0.2) is 16.0 Å². The SMILES string of the molecule is Cc1cc(NC(=O)c2cccnc2)cc(Br)c1O. The van der Waals surface area contributed by atoms with Crippen LogP contribution in [0.15, 0.2) is 41.1 Å². The van der Waals surface area contributed by atoms with E-state index in [2.05, 4.69) is 26.2 Å². The largest absolute Gasteiger partial charge is 0.506 e. The number of carbonyl (C=O) groups excluding carboxylic acids is 1. The number of aromatic hydroxyl groups is 1. The molecule has 0 aliphatic rings. The molecule has 0 spiro atoms. The zero-order chi connectivity index (χ0) is 13.1. The molecule has 4 nitrogen and oxygen atoms in total. The highest BCUT2D eigenvalue weighted by Crippen LogP contribution is 2.31. The van der Waals surface area contributed by atoms with Gasteiger partial charge in [0.15, 0.2) is 0 Å². The van der Waals surface area contributed by atoms with Crippen molar-refractivity contribution in [1.82, 2.24) is 4.98 Å². The molecule has 0 radical (unpaired) electrons. The Labute approximate surface area is 113 Å². The van der Waals surface area contributed by atoms with Crippen molar-refractivity contribution in [3.05, 3.63) is 52.3 Å². The standard InChI is InChI=1S/C13H11BrN2O2/c1-8-5-10(6-11(14)12(8)17)16-13(18)9-3-2-4-15-7-9/h2-7,17H,1H3,(H,16,18). The van der Waals surface area contributed by atoms with Gasteiger partial charge in [0, 0.05) is 18.1 Å². The summed E-state index contributed by atoms with van der Waals surface area (Å²) in [6.07, 6.45) is 3.11. The molecule has 5 heteroatoms. The fourth-order valence-corrected chi connectivity index (χ4v) is 2.07. The molecule has 18 heavy (non-hydrogen) atoms. The average molecular weight is 307 g/mol. The number of nitrogens with zero attached hydrogens (tertiary/aromatic N) is 1. The van der Waals surface area contributed by atoms with Gasteiger partial charge in [0.25, 0.3) is 5.91 Å². The molecule has 1 aromatic heterocycles. The predicted octanol–water partition coefficient (Wildman–Crippen LogP) is 3.11. The van der Waals surface area contributed by atoms with Crippen molar-refractivity contribution in [2.45, 2.75) is 6.92 Å². The Hall–Kier alpha value is -1.88. The number of nitrogens with one attached hydrogen (secondary N) is 1. The fourth-order valence-electron chi connectivity index (χ4n) is 1.51. The molecule has 2 rings (SSSR count). The van der Waals surface area contributed by atoms with E-state index in [-0.39, 0.29) is 11.7 Å². The first-order valence-corrected chi connectivity index (χ1v) is 6.07. The molecule has 0 aliphatic heterocycles. The molecule has 2 N–H and O–H groups in total. The number of benzene rings is 1. The number of phenols is 1. The molecule has 2 aromatic rings. The first-order valence-electron chi connectivity index (χ1n) is 5.28. The number of rotatable bonds is 2. The van der Waals surface area contributed by atoms with Crippen LogP contribution in [0.2, 0.25) is 0 Å². The van der Waals surface area contributed by atoms with E-state index in [1.807, 2.05) is 0 Å². The van der Waals surface area contributed by atoms with Crippen LogP contribution in [0.3, 0.4) is 0 Å². The summed E-state index contributed by atoms with van der Waals surface area (Å²) >= 11 is 3.23. The second-order valence-electron chi connectivity index (χ2n) is 3.82. The average Bonchev–Trinajstić information content (AvgIpc) is 2.37. The van der Waals surface area contributed by atoms with Gasteiger partial charge in [-0.25, -0.2) is 0 Å². The van der Waals surface area contributed by atoms with Crippen molar-refractivity contribution in [2.75, 3.05) is 5.32 Å². The normalized spacial score (nSPS) is 10.1. The lowest BCUT2D eigenvalue weighted by Crippen LogP contribution is -2.12. The number of amides is 1. The van der Waals surface area contributed by atoms with Crippen molar-refractivity contribution in [2.24, 2.45) is 0 Å². The second-order valence-corrected chi connectivity index (χ2v) is 4.67. The maximum atomic E-state index is 11.9. The Morgan fingerprint density at radius 1 is 1.44 bits per heavy atom. The van der Waals surface area contributed by atoms with Gasteiger partial charge in [0.2, 0.25) is 0 Å². The Kier molecular flexibility index (Phi) is 3.62. The molecule has 0 atom stereocenters. The number of aryl methyl sites for hydroxylation is 1. The molecule has 0 aliphatic carbocycles. The van der Waals surface area contributed by atoms with E-state index in [9.17, 15) is 9.90 Å². The van der Waals surface area contributed by atoms with Gasteiger partial charge in [-0.3, -0.25) is 9.78 Å². The summed E-state index contributed by atoms with van der Waals surface area (Å²) in [4.78, 5) is 15.8. The molecule has 1 aromatic carbocycles. The number of pyridine rings is 1. The Balaban J connectivity index is 2.23. The van der Waals surface area contributed by atoms with Gasteiger partial charge in [-0.05, 0) is 52.7 Å². The maximum Gasteiger partial charge on any atom is 0.257 e. The Morgan fingerprint density at radius 3 is 2.83 bits per heavy atom. The number of aromatic nitrogens is 1. The molecule has 92 valence electrons. The molecule has 0 saturated heterocycles. The van der Waals surface area contributed by atoms with Gasteiger partial charge in [-0.1, -0.05) is 0 Å². The summed E-state index contributed by atoms with van der Waals surface area (Å²) in [5, 5.41) is 12.4. The van der Waals surface area contributed by atoms with Gasteiger partial charge in [0.1, 0.15) is 5.75 Å². The van der Waals surface area contributed by atoms with Crippen LogP contribution in [0.5, 0.6) is 5.75 Å². The monoisotopic (exact) mass is 306 g/mol. The lowest BCUT2D eigenvalue weighted by Gasteiger charge is -2.08. The number of halogens is 1. The van der Waals surface area contributed by atoms with Gasteiger partial charge >= 0.3 is 0 Å². The lowest BCUT2D eigenvalue weighted by atomic mass is 10.2. The van der Waals surface area contributed by atoms with Crippen LogP contribution in [0.4, 0.5) is 5.69 Å². The third-order valence-electron chi connectivity index (χ3n) is 2.44. The number of carbonyl (C=O) groups is 1. The Bertz CT molecular complexity index is 562. The number of anilines is 1. The first kappa shape index (κ1) is 12.6. The fraction of sp³-hybridized carbons (Fsp3) is 0.0769. The van der Waals surface area contributed by atoms with Gasteiger partial charge in [-0.15, -0.1) is 0 Å². The third kappa shape index (κ3) is 2.68. The smallest absolute Gasteiger partial charge is 0.257 e. The van der Waals surface area contributed by atoms with Crippen molar-refractivity contribution in [3.63, 3.8) is 0 Å². The minimum Gasteiger partial charge on any atom is -0.506 e. The zero-order valence-corrected chi connectivity index (χ0v) is 11.2. The van der Waals surface area contributed by atoms with E-state index in [0.29, 0.717) is 21.3 Å². The van der Waals surface area contributed by atoms with Crippen molar-refractivity contribution in [1.29, 1.82) is 0 Å². The van der Waals surface area contributed by atoms with Crippen LogP contribution in [-0.2, 0) is 0 Å². The molecule has 0 unspecified atom stereocenters. The van der Waals surface area contributed by atoms with Gasteiger partial charge < -0.3 is 10.4 Å². The van der Waals surface area contributed by atoms with Crippen LogP contribution in [0, 0.1) is 6.92 Å². The number of phenolic OH excluding ortho intramolecular Hbond substituents is 1. The summed E-state index contributed by atoms with van der Waals surface area (Å²) in [6, 6.07) is 6.74. The summed E-state index contributed by atoms with van der Waals surface area (Å²) in [5.41, 5.74) is 1.79. The molecule has 0 saturated carbocycles. The second kappa shape index (κ2) is 5.18. The highest BCUT2D eigenvalue weighted by Gasteiger charge is 2.09. The summed E-state index contributed by atoms with van der Waals surface area (Å²) < 4.78 is 0.545. The minimum absolute atomic E-state index is 0.175. The molecular formula is C13H11BrN2O2. The van der Waals surface area contributed by atoms with Gasteiger partial charge in [-0.2, -0.15) is 0 Å². The Morgan fingerprint density at radius 2 is 2.22 bits per heavy atom. The summed E-state index contributed by atoms with van der Waals surface area (Å²) in [6.45, 7) is 1.76. The lowest BCUT2D eigenvalue weighted by molar-refractivity contribution is 0.102. The van der Waals surface area contributed by atoms with Gasteiger partial charge in [0.05, 0.1) is 10.0 Å². The number of hydrogen-bond donors (Lipinski definition) is 2. The van der Waals surface area contributed by atoms with E-state index >= 15 is 0 Å². The summed E-state index contributed by atoms with van der Waals surface area (Å²) in [5.74, 6) is -0.0607. The molecule has 1 heterocycles. The van der Waals surface area contributed by atoms with E-state index in [0.717, 1.165) is 0 Å².